The first-order chi connectivity index (χ1) is 6.11. The Kier molecular flexibility index (Phi) is 2.69. The number of rotatable bonds is 1. The second-order valence-electron chi connectivity index (χ2n) is 2.18. The minimum absolute atomic E-state index is 0.129. The van der Waals surface area contributed by atoms with Crippen molar-refractivity contribution in [1.82, 2.24) is 0 Å². The van der Waals surface area contributed by atoms with Gasteiger partial charge in [-0.15, -0.1) is 0 Å². The zero-order valence-corrected chi connectivity index (χ0v) is 7.32. The van der Waals surface area contributed by atoms with E-state index >= 15 is 0 Å². The SMILES string of the molecule is COc1cc(F)c(C#N)c(F)c1Cl. The molecule has 0 aliphatic carbocycles. The monoisotopic (exact) mass is 203 g/mol. The molecule has 0 fully saturated rings. The molecule has 68 valence electrons. The van der Waals surface area contributed by atoms with Gasteiger partial charge in [-0.25, -0.2) is 8.78 Å². The number of benzene rings is 1. The van der Waals surface area contributed by atoms with Crippen LogP contribution >= 0.6 is 11.6 Å². The highest BCUT2D eigenvalue weighted by atomic mass is 35.5. The van der Waals surface area contributed by atoms with E-state index in [-0.39, 0.29) is 10.8 Å². The van der Waals surface area contributed by atoms with Crippen molar-refractivity contribution in [2.45, 2.75) is 0 Å². The van der Waals surface area contributed by atoms with Gasteiger partial charge in [0.1, 0.15) is 28.2 Å². The van der Waals surface area contributed by atoms with Gasteiger partial charge in [0.05, 0.1) is 7.11 Å². The minimum atomic E-state index is -1.10. The van der Waals surface area contributed by atoms with Crippen LogP contribution in [-0.2, 0) is 0 Å². The third-order valence-electron chi connectivity index (χ3n) is 1.46. The Labute approximate surface area is 78.3 Å². The van der Waals surface area contributed by atoms with E-state index in [2.05, 4.69) is 4.74 Å². The van der Waals surface area contributed by atoms with Gasteiger partial charge in [0.25, 0.3) is 0 Å². The average Bonchev–Trinajstić information content (AvgIpc) is 2.12. The second kappa shape index (κ2) is 3.58. The van der Waals surface area contributed by atoms with Crippen LogP contribution in [0.5, 0.6) is 5.75 Å². The average molecular weight is 204 g/mol. The summed E-state index contributed by atoms with van der Waals surface area (Å²) in [6.07, 6.45) is 0. The molecule has 1 aromatic carbocycles. The molecule has 0 aliphatic heterocycles. The number of nitrogens with zero attached hydrogens (tertiary/aromatic N) is 1. The van der Waals surface area contributed by atoms with Crippen molar-refractivity contribution in [2.75, 3.05) is 7.11 Å². The first-order valence-corrected chi connectivity index (χ1v) is 3.61. The summed E-state index contributed by atoms with van der Waals surface area (Å²) in [5.74, 6) is -2.21. The van der Waals surface area contributed by atoms with Gasteiger partial charge in [-0.3, -0.25) is 0 Å². The summed E-state index contributed by atoms with van der Waals surface area (Å²) in [6.45, 7) is 0. The summed E-state index contributed by atoms with van der Waals surface area (Å²) in [4.78, 5) is 0. The van der Waals surface area contributed by atoms with Crippen LogP contribution in [0.1, 0.15) is 5.56 Å². The lowest BCUT2D eigenvalue weighted by Gasteiger charge is -2.04. The standard InChI is InChI=1S/C8H4ClF2NO/c1-13-6-2-5(10)4(3-12)8(11)7(6)9/h2H,1H3. The van der Waals surface area contributed by atoms with E-state index in [1.54, 1.807) is 0 Å². The summed E-state index contributed by atoms with van der Waals surface area (Å²) >= 11 is 5.43. The molecule has 0 spiro atoms. The van der Waals surface area contributed by atoms with Crippen molar-refractivity contribution < 1.29 is 13.5 Å². The molecule has 0 aromatic heterocycles. The molecule has 0 heterocycles. The predicted molar refractivity (Wildman–Crippen MR) is 42.6 cm³/mol. The van der Waals surface area contributed by atoms with E-state index in [0.717, 1.165) is 6.07 Å². The summed E-state index contributed by atoms with van der Waals surface area (Å²) in [6, 6.07) is 2.23. The Balaban J connectivity index is 3.48. The lowest BCUT2D eigenvalue weighted by Crippen LogP contribution is -1.95. The Hall–Kier alpha value is -1.34. The quantitative estimate of drug-likeness (QED) is 0.657. The summed E-state index contributed by atoms with van der Waals surface area (Å²) in [7, 11) is 1.23. The topological polar surface area (TPSA) is 33.0 Å². The zero-order chi connectivity index (χ0) is 10.0. The van der Waals surface area contributed by atoms with Gasteiger partial charge in [0.15, 0.2) is 5.82 Å². The van der Waals surface area contributed by atoms with Gasteiger partial charge in [0.2, 0.25) is 0 Å². The van der Waals surface area contributed by atoms with Crippen LogP contribution in [0, 0.1) is 23.0 Å². The fourth-order valence-electron chi connectivity index (χ4n) is 0.824. The molecule has 0 aliphatic rings. The van der Waals surface area contributed by atoms with E-state index < -0.39 is 17.2 Å². The van der Waals surface area contributed by atoms with Crippen molar-refractivity contribution in [3.8, 4) is 11.8 Å². The number of hydrogen-bond donors (Lipinski definition) is 0. The molecule has 0 saturated heterocycles. The number of ether oxygens (including phenoxy) is 1. The van der Waals surface area contributed by atoms with Gasteiger partial charge in [0, 0.05) is 6.07 Å². The van der Waals surface area contributed by atoms with Crippen LogP contribution in [0.15, 0.2) is 6.07 Å². The van der Waals surface area contributed by atoms with E-state index in [1.807, 2.05) is 0 Å². The van der Waals surface area contributed by atoms with Gasteiger partial charge >= 0.3 is 0 Å². The number of methoxy groups -OCH3 is 1. The van der Waals surface area contributed by atoms with Gasteiger partial charge in [-0.05, 0) is 0 Å². The fourth-order valence-corrected chi connectivity index (χ4v) is 1.05. The summed E-state index contributed by atoms with van der Waals surface area (Å²) in [5, 5.41) is 7.97. The third-order valence-corrected chi connectivity index (χ3v) is 1.81. The molecule has 0 saturated carbocycles. The van der Waals surface area contributed by atoms with Crippen LogP contribution in [0.25, 0.3) is 0 Å². The Morgan fingerprint density at radius 3 is 2.62 bits per heavy atom. The molecule has 0 atom stereocenters. The predicted octanol–water partition coefficient (Wildman–Crippen LogP) is 2.50. The smallest absolute Gasteiger partial charge is 0.166 e. The number of halogens is 3. The molecule has 0 N–H and O–H groups in total. The van der Waals surface area contributed by atoms with Gasteiger partial charge in [-0.2, -0.15) is 5.26 Å². The molecule has 1 aromatic rings. The Morgan fingerprint density at radius 2 is 2.15 bits per heavy atom. The third kappa shape index (κ3) is 1.56. The van der Waals surface area contributed by atoms with Gasteiger partial charge in [-0.1, -0.05) is 11.6 Å². The molecule has 0 amide bonds. The summed E-state index contributed by atoms with van der Waals surface area (Å²) in [5.41, 5.74) is -0.703. The normalized spacial score (nSPS) is 9.46. The van der Waals surface area contributed by atoms with Crippen LogP contribution < -0.4 is 4.74 Å². The van der Waals surface area contributed by atoms with E-state index in [9.17, 15) is 8.78 Å². The van der Waals surface area contributed by atoms with Crippen molar-refractivity contribution in [3.05, 3.63) is 28.3 Å². The number of nitriles is 1. The van der Waals surface area contributed by atoms with Crippen LogP contribution in [0.2, 0.25) is 5.02 Å². The van der Waals surface area contributed by atoms with E-state index in [1.165, 1.54) is 13.2 Å². The van der Waals surface area contributed by atoms with Crippen molar-refractivity contribution in [2.24, 2.45) is 0 Å². The maximum absolute atomic E-state index is 13.0. The fraction of sp³-hybridized carbons (Fsp3) is 0.125. The van der Waals surface area contributed by atoms with Crippen LogP contribution in [-0.4, -0.2) is 7.11 Å². The molecular weight excluding hydrogens is 200 g/mol. The maximum Gasteiger partial charge on any atom is 0.166 e. The molecule has 0 radical (unpaired) electrons. The maximum atomic E-state index is 13.0. The highest BCUT2D eigenvalue weighted by Gasteiger charge is 2.17. The minimum Gasteiger partial charge on any atom is -0.495 e. The lowest BCUT2D eigenvalue weighted by atomic mass is 10.2. The molecule has 0 unspecified atom stereocenters. The van der Waals surface area contributed by atoms with Crippen LogP contribution in [0.4, 0.5) is 8.78 Å². The molecule has 5 heteroatoms. The largest absolute Gasteiger partial charge is 0.495 e. The molecule has 1 rings (SSSR count). The van der Waals surface area contributed by atoms with Gasteiger partial charge < -0.3 is 4.74 Å². The second-order valence-corrected chi connectivity index (χ2v) is 2.55. The van der Waals surface area contributed by atoms with Crippen molar-refractivity contribution in [3.63, 3.8) is 0 Å². The molecule has 13 heavy (non-hydrogen) atoms. The number of hydrogen-bond acceptors (Lipinski definition) is 2. The Bertz CT molecular complexity index is 386. The lowest BCUT2D eigenvalue weighted by molar-refractivity contribution is 0.406. The molecular formula is C8H4ClF2NO. The van der Waals surface area contributed by atoms with Crippen molar-refractivity contribution >= 4 is 11.6 Å². The zero-order valence-electron chi connectivity index (χ0n) is 6.57. The first-order valence-electron chi connectivity index (χ1n) is 3.23. The molecule has 2 nitrogen and oxygen atoms in total. The van der Waals surface area contributed by atoms with Crippen molar-refractivity contribution in [1.29, 1.82) is 5.26 Å². The summed E-state index contributed by atoms with van der Waals surface area (Å²) < 4.78 is 30.5. The molecule has 0 bridgehead atoms. The van der Waals surface area contributed by atoms with E-state index in [4.69, 9.17) is 16.9 Å². The highest BCUT2D eigenvalue weighted by molar-refractivity contribution is 6.32. The highest BCUT2D eigenvalue weighted by Crippen LogP contribution is 2.30. The Morgan fingerprint density at radius 1 is 1.54 bits per heavy atom. The van der Waals surface area contributed by atoms with Crippen LogP contribution in [0.3, 0.4) is 0 Å². The first kappa shape index (κ1) is 9.75. The van der Waals surface area contributed by atoms with E-state index in [0.29, 0.717) is 0 Å².